The van der Waals surface area contributed by atoms with Crippen LogP contribution in [-0.2, 0) is 0 Å². The van der Waals surface area contributed by atoms with Gasteiger partial charge in [0.05, 0.1) is 18.8 Å². The molecule has 0 aliphatic heterocycles. The van der Waals surface area contributed by atoms with Gasteiger partial charge in [0.2, 0.25) is 0 Å². The van der Waals surface area contributed by atoms with Crippen LogP contribution in [-0.4, -0.2) is 23.0 Å². The topological polar surface area (TPSA) is 64.1 Å². The van der Waals surface area contributed by atoms with Gasteiger partial charge in [-0.2, -0.15) is 0 Å². The summed E-state index contributed by atoms with van der Waals surface area (Å²) in [5, 5.41) is 3.83. The summed E-state index contributed by atoms with van der Waals surface area (Å²) >= 11 is 1.38. The first-order chi connectivity index (χ1) is 12.1. The number of thiazole rings is 1. The number of nitrogens with zero attached hydrogens (tertiary/aromatic N) is 2. The predicted octanol–water partition coefficient (Wildman–Crippen LogP) is 4.01. The zero-order valence-corrected chi connectivity index (χ0v) is 15.1. The molecule has 5 nitrogen and oxygen atoms in total. The Bertz CT molecular complexity index is 860. The summed E-state index contributed by atoms with van der Waals surface area (Å²) in [5.74, 6) is 0.676. The van der Waals surface area contributed by atoms with Gasteiger partial charge in [-0.1, -0.05) is 12.1 Å². The molecule has 0 unspecified atom stereocenters. The molecule has 6 heteroatoms. The van der Waals surface area contributed by atoms with Gasteiger partial charge in [0.15, 0.2) is 0 Å². The van der Waals surface area contributed by atoms with Crippen molar-refractivity contribution in [2.45, 2.75) is 19.9 Å². The Hall–Kier alpha value is -2.73. The third kappa shape index (κ3) is 3.85. The van der Waals surface area contributed by atoms with E-state index in [2.05, 4.69) is 15.3 Å². The van der Waals surface area contributed by atoms with Gasteiger partial charge in [-0.05, 0) is 43.7 Å². The molecule has 0 radical (unpaired) electrons. The first kappa shape index (κ1) is 17.1. The third-order valence-corrected chi connectivity index (χ3v) is 5.08. The lowest BCUT2D eigenvalue weighted by atomic mass is 10.1. The van der Waals surface area contributed by atoms with Crippen LogP contribution in [0.25, 0.3) is 10.6 Å². The van der Waals surface area contributed by atoms with E-state index >= 15 is 0 Å². The number of aryl methyl sites for hydroxylation is 1. The highest BCUT2D eigenvalue weighted by Crippen LogP contribution is 2.28. The van der Waals surface area contributed by atoms with Gasteiger partial charge in [0.1, 0.15) is 15.6 Å². The summed E-state index contributed by atoms with van der Waals surface area (Å²) in [6, 6.07) is 11.4. The summed E-state index contributed by atoms with van der Waals surface area (Å²) in [6.07, 6.45) is 3.47. The minimum atomic E-state index is -0.117. The van der Waals surface area contributed by atoms with Crippen LogP contribution in [0, 0.1) is 6.92 Å². The Morgan fingerprint density at radius 2 is 2.00 bits per heavy atom. The minimum absolute atomic E-state index is 0.109. The van der Waals surface area contributed by atoms with Crippen LogP contribution in [0.2, 0.25) is 0 Å². The minimum Gasteiger partial charge on any atom is -0.497 e. The highest BCUT2D eigenvalue weighted by molar-refractivity contribution is 7.17. The standard InChI is InChI=1S/C19H19N3O2S/c1-12(14-6-8-16(24-3)9-7-14)21-18(23)17-13(2)22-19(25-17)15-5-4-10-20-11-15/h4-12H,1-3H3,(H,21,23)/t12-/m0/s1. The number of amides is 1. The van der Waals surface area contributed by atoms with E-state index in [4.69, 9.17) is 4.74 Å². The van der Waals surface area contributed by atoms with Gasteiger partial charge >= 0.3 is 0 Å². The van der Waals surface area contributed by atoms with Crippen molar-refractivity contribution in [1.82, 2.24) is 15.3 Å². The summed E-state index contributed by atoms with van der Waals surface area (Å²) in [4.78, 5) is 21.9. The highest BCUT2D eigenvalue weighted by atomic mass is 32.1. The SMILES string of the molecule is COc1ccc([C@H](C)NC(=O)c2sc(-c3cccnc3)nc2C)cc1. The van der Waals surface area contributed by atoms with Gasteiger partial charge in [-0.25, -0.2) is 4.98 Å². The first-order valence-corrected chi connectivity index (χ1v) is 8.72. The van der Waals surface area contributed by atoms with Crippen molar-refractivity contribution in [2.75, 3.05) is 7.11 Å². The van der Waals surface area contributed by atoms with Crippen molar-refractivity contribution in [3.8, 4) is 16.3 Å². The van der Waals surface area contributed by atoms with Crippen molar-refractivity contribution in [3.05, 3.63) is 64.9 Å². The Morgan fingerprint density at radius 1 is 1.24 bits per heavy atom. The number of pyridine rings is 1. The summed E-state index contributed by atoms with van der Waals surface area (Å²) in [7, 11) is 1.63. The van der Waals surface area contributed by atoms with Gasteiger partial charge < -0.3 is 10.1 Å². The molecule has 3 aromatic rings. The van der Waals surface area contributed by atoms with Crippen LogP contribution in [0.4, 0.5) is 0 Å². The number of aromatic nitrogens is 2. The quantitative estimate of drug-likeness (QED) is 0.753. The second kappa shape index (κ2) is 7.44. The predicted molar refractivity (Wildman–Crippen MR) is 99.0 cm³/mol. The zero-order chi connectivity index (χ0) is 17.8. The summed E-state index contributed by atoms with van der Waals surface area (Å²) < 4.78 is 5.16. The van der Waals surface area contributed by atoms with Gasteiger partial charge in [0, 0.05) is 18.0 Å². The van der Waals surface area contributed by atoms with E-state index in [1.54, 1.807) is 19.5 Å². The molecule has 0 saturated heterocycles. The lowest BCUT2D eigenvalue weighted by Crippen LogP contribution is -2.26. The van der Waals surface area contributed by atoms with E-state index in [1.165, 1.54) is 11.3 Å². The number of rotatable bonds is 5. The zero-order valence-electron chi connectivity index (χ0n) is 14.3. The molecular formula is C19H19N3O2S. The van der Waals surface area contributed by atoms with Crippen molar-refractivity contribution >= 4 is 17.2 Å². The number of hydrogen-bond donors (Lipinski definition) is 1. The lowest BCUT2D eigenvalue weighted by molar-refractivity contribution is 0.0943. The fourth-order valence-electron chi connectivity index (χ4n) is 2.46. The van der Waals surface area contributed by atoms with Crippen LogP contribution in [0.5, 0.6) is 5.75 Å². The monoisotopic (exact) mass is 353 g/mol. The number of carbonyl (C=O) groups excluding carboxylic acids is 1. The molecule has 1 atom stereocenters. The molecule has 0 bridgehead atoms. The third-order valence-electron chi connectivity index (χ3n) is 3.87. The van der Waals surface area contributed by atoms with Crippen LogP contribution in [0.15, 0.2) is 48.8 Å². The van der Waals surface area contributed by atoms with E-state index in [9.17, 15) is 4.79 Å². The lowest BCUT2D eigenvalue weighted by Gasteiger charge is -2.14. The normalized spacial score (nSPS) is 11.8. The van der Waals surface area contributed by atoms with Crippen LogP contribution in [0.3, 0.4) is 0 Å². The Kier molecular flexibility index (Phi) is 5.09. The molecule has 2 aromatic heterocycles. The summed E-state index contributed by atoms with van der Waals surface area (Å²) in [6.45, 7) is 3.81. The number of nitrogens with one attached hydrogen (secondary N) is 1. The molecule has 0 aliphatic carbocycles. The van der Waals surface area contributed by atoms with E-state index in [-0.39, 0.29) is 11.9 Å². The maximum atomic E-state index is 12.6. The molecule has 0 spiro atoms. The average molecular weight is 353 g/mol. The van der Waals surface area contributed by atoms with Gasteiger partial charge in [-0.15, -0.1) is 11.3 Å². The molecule has 1 amide bonds. The molecule has 1 N–H and O–H groups in total. The van der Waals surface area contributed by atoms with E-state index in [0.29, 0.717) is 4.88 Å². The average Bonchev–Trinajstić information content (AvgIpc) is 3.04. The maximum absolute atomic E-state index is 12.6. The fourth-order valence-corrected chi connectivity index (χ4v) is 3.42. The maximum Gasteiger partial charge on any atom is 0.263 e. The van der Waals surface area contributed by atoms with E-state index in [0.717, 1.165) is 27.6 Å². The Balaban J connectivity index is 1.75. The molecule has 25 heavy (non-hydrogen) atoms. The first-order valence-electron chi connectivity index (χ1n) is 7.91. The molecular weight excluding hydrogens is 334 g/mol. The number of carbonyl (C=O) groups is 1. The number of methoxy groups -OCH3 is 1. The molecule has 0 aliphatic rings. The highest BCUT2D eigenvalue weighted by Gasteiger charge is 2.18. The van der Waals surface area contributed by atoms with Crippen molar-refractivity contribution in [3.63, 3.8) is 0 Å². The second-order valence-electron chi connectivity index (χ2n) is 5.64. The van der Waals surface area contributed by atoms with Crippen molar-refractivity contribution in [2.24, 2.45) is 0 Å². The molecule has 1 aromatic carbocycles. The molecule has 128 valence electrons. The van der Waals surface area contributed by atoms with Crippen LogP contribution >= 0.6 is 11.3 Å². The molecule has 2 heterocycles. The van der Waals surface area contributed by atoms with Gasteiger partial charge in [0.25, 0.3) is 5.91 Å². The smallest absolute Gasteiger partial charge is 0.263 e. The Labute approximate surface area is 150 Å². The molecule has 0 fully saturated rings. The second-order valence-corrected chi connectivity index (χ2v) is 6.64. The van der Waals surface area contributed by atoms with E-state index in [1.807, 2.05) is 50.2 Å². The Morgan fingerprint density at radius 3 is 2.64 bits per heavy atom. The molecule has 3 rings (SSSR count). The number of hydrogen-bond acceptors (Lipinski definition) is 5. The fraction of sp³-hybridized carbons (Fsp3) is 0.211. The van der Waals surface area contributed by atoms with E-state index < -0.39 is 0 Å². The molecule has 0 saturated carbocycles. The van der Waals surface area contributed by atoms with Crippen molar-refractivity contribution < 1.29 is 9.53 Å². The number of ether oxygens (including phenoxy) is 1. The van der Waals surface area contributed by atoms with Crippen LogP contribution in [0.1, 0.15) is 33.9 Å². The van der Waals surface area contributed by atoms with Crippen LogP contribution < -0.4 is 10.1 Å². The summed E-state index contributed by atoms with van der Waals surface area (Å²) in [5.41, 5.74) is 2.66. The van der Waals surface area contributed by atoms with Gasteiger partial charge in [-0.3, -0.25) is 9.78 Å². The van der Waals surface area contributed by atoms with Crippen molar-refractivity contribution in [1.29, 1.82) is 0 Å². The number of benzene rings is 1. The largest absolute Gasteiger partial charge is 0.497 e.